The van der Waals surface area contributed by atoms with Crippen LogP contribution in [0.3, 0.4) is 0 Å². The molecule has 1 saturated heterocycles. The number of rotatable bonds is 8. The second-order valence-electron chi connectivity index (χ2n) is 11.7. The molecule has 0 aromatic carbocycles. The summed E-state index contributed by atoms with van der Waals surface area (Å²) in [6, 6.07) is 0.524. The summed E-state index contributed by atoms with van der Waals surface area (Å²) < 4.78 is 59.3. The van der Waals surface area contributed by atoms with Gasteiger partial charge >= 0.3 is 47.9 Å². The van der Waals surface area contributed by atoms with Gasteiger partial charge in [0, 0.05) is 34.1 Å². The first-order valence-corrected chi connectivity index (χ1v) is 18.0. The van der Waals surface area contributed by atoms with Crippen molar-refractivity contribution < 1.29 is 97.6 Å². The molecule has 1 aliphatic carbocycles. The number of carbonyl (C=O) groups excluding carboxylic acids is 5. The Morgan fingerprint density at radius 3 is 1.23 bits per heavy atom. The number of Topliss-reactive ketones (excluding diaryl/α,β-unsaturated/α-hetero) is 3. The lowest BCUT2D eigenvalue weighted by Gasteiger charge is -2.34. The summed E-state index contributed by atoms with van der Waals surface area (Å²) in [5.41, 5.74) is 0. The van der Waals surface area contributed by atoms with E-state index < -0.39 is 63.3 Å². The quantitative estimate of drug-likeness (QED) is 0.127. The topological polar surface area (TPSA) is 347 Å². The largest absolute Gasteiger partial charge is 1.00 e. The molecule has 27 heteroatoms. The molecule has 1 saturated carbocycles. The highest BCUT2D eigenvalue weighted by Gasteiger charge is 2.49. The Morgan fingerprint density at radius 1 is 0.629 bits per heavy atom. The number of likely N-dealkylation sites (tertiary alicyclic amines) is 1. The Bertz CT molecular complexity index is 1750. The third-order valence-corrected chi connectivity index (χ3v) is 7.42. The molecule has 2 aromatic rings. The molecule has 0 bridgehead atoms. The summed E-state index contributed by atoms with van der Waals surface area (Å²) in [6.07, 6.45) is 1.33. The maximum absolute atomic E-state index is 11.3. The van der Waals surface area contributed by atoms with Crippen molar-refractivity contribution in [2.45, 2.75) is 101 Å². The predicted molar refractivity (Wildman–Crippen MR) is 217 cm³/mol. The van der Waals surface area contributed by atoms with E-state index in [1.807, 2.05) is 0 Å². The van der Waals surface area contributed by atoms with Gasteiger partial charge in [0.05, 0.1) is 48.6 Å². The Hall–Kier alpha value is -5.73. The van der Waals surface area contributed by atoms with Crippen molar-refractivity contribution in [2.75, 3.05) is 48.6 Å². The summed E-state index contributed by atoms with van der Waals surface area (Å²) in [5, 5.41) is 13.0. The number of carbonyl (C=O) groups is 7. The molecule has 0 spiro atoms. The van der Waals surface area contributed by atoms with E-state index in [0.717, 1.165) is 44.3 Å². The van der Waals surface area contributed by atoms with Gasteiger partial charge < -0.3 is 55.8 Å². The molecule has 0 radical (unpaired) electrons. The first kappa shape index (κ1) is 68.0. The molecular formula is C35H62ClN7O18S. The van der Waals surface area contributed by atoms with Gasteiger partial charge in [0.1, 0.15) is 5.78 Å². The molecule has 2 aliphatic rings. The lowest BCUT2D eigenvalue weighted by atomic mass is 10.1. The zero-order valence-corrected chi connectivity index (χ0v) is 35.9. The fraction of sp³-hybridized carbons (Fsp3) is 0.629. The Balaban J connectivity index is -0.000000163. The second kappa shape index (κ2) is 33.9. The number of hydrogen-bond acceptors (Lipinski definition) is 21. The number of aromatic nitrogens is 6. The minimum Gasteiger partial charge on any atom is -1.00 e. The van der Waals surface area contributed by atoms with Crippen molar-refractivity contribution in [2.24, 2.45) is 0 Å². The fourth-order valence-corrected chi connectivity index (χ4v) is 4.89. The van der Waals surface area contributed by atoms with Gasteiger partial charge in [0.2, 0.25) is 11.9 Å². The van der Waals surface area contributed by atoms with E-state index in [2.05, 4.69) is 46.4 Å². The number of halogens is 1. The Morgan fingerprint density at radius 2 is 0.952 bits per heavy atom. The average Bonchev–Trinajstić information content (AvgIpc) is 3.39. The van der Waals surface area contributed by atoms with E-state index in [1.54, 1.807) is 14.2 Å². The smallest absolute Gasteiger partial charge is 0.338 e. The molecule has 4 rings (SSSR count). The van der Waals surface area contributed by atoms with Gasteiger partial charge in [-0.1, -0.05) is 22.3 Å². The van der Waals surface area contributed by atoms with Crippen LogP contribution in [0.15, 0.2) is 0 Å². The van der Waals surface area contributed by atoms with Crippen LogP contribution in [-0.2, 0) is 48.4 Å². The number of nitrogens with zero attached hydrogens (tertiary/aromatic N) is 7. The second-order valence-corrected chi connectivity index (χ2v) is 13.3. The lowest BCUT2D eigenvalue weighted by Crippen LogP contribution is -3.00. The number of esters is 2. The van der Waals surface area contributed by atoms with E-state index in [0.29, 0.717) is 12.0 Å². The molecule has 1 aliphatic heterocycles. The van der Waals surface area contributed by atoms with Gasteiger partial charge in [-0.25, -0.2) is 0 Å². The summed E-state index contributed by atoms with van der Waals surface area (Å²) in [7, 11) is 3.39. The average molecular weight is 936 g/mol. The van der Waals surface area contributed by atoms with Crippen molar-refractivity contribution in [1.29, 1.82) is 0 Å². The third kappa shape index (κ3) is 29.5. The standard InChI is InChI=1S/C11H19N4O2.C7H9N3O4.C7H8O7S.C3H6O.2C2H4O2.3CH4.ClH/c1-15(7-5-4-6-8-15)9-12-10(16-2)14-11(13-9)17-3;1-4(11)14-7-9-5(12-2)8-6(10-7)13-3;1-3(8)14-7-4(9)2-5(6(7)10)15(11,12)13;1-3(2)4;2*1-2(3)4;;;;/h4-8H2,1-3H3;1-3H3;5,7H,2H2,1H3,(H,11,12,13);1-2H3;2*1H3,(H,3,4);3*1H4;1H/q+1;;;;;;;;;/p-1. The van der Waals surface area contributed by atoms with Gasteiger partial charge in [-0.15, -0.1) is 29.9 Å². The van der Waals surface area contributed by atoms with Crippen LogP contribution in [0, 0.1) is 0 Å². The molecule has 3 N–H and O–H groups in total. The number of carboxylic acids is 2. The number of aliphatic carboxylic acids is 2. The van der Waals surface area contributed by atoms with Crippen LogP contribution >= 0.6 is 0 Å². The number of ketones is 3. The molecule has 2 unspecified atom stereocenters. The number of quaternary nitrogens is 1. The van der Waals surface area contributed by atoms with Crippen LogP contribution < -0.4 is 40.6 Å². The van der Waals surface area contributed by atoms with Crippen molar-refractivity contribution in [3.05, 3.63) is 0 Å². The van der Waals surface area contributed by atoms with Crippen LogP contribution in [0.25, 0.3) is 0 Å². The molecule has 62 heavy (non-hydrogen) atoms. The monoisotopic (exact) mass is 935 g/mol. The van der Waals surface area contributed by atoms with Crippen molar-refractivity contribution in [1.82, 2.24) is 34.4 Å². The molecule has 358 valence electrons. The molecular weight excluding hydrogens is 874 g/mol. The maximum atomic E-state index is 11.3. The highest BCUT2D eigenvalue weighted by atomic mass is 35.5. The van der Waals surface area contributed by atoms with E-state index in [9.17, 15) is 32.4 Å². The van der Waals surface area contributed by atoms with E-state index in [4.69, 9.17) is 43.3 Å². The highest BCUT2D eigenvalue weighted by Crippen LogP contribution is 2.25. The molecule has 2 aromatic heterocycles. The zero-order chi connectivity index (χ0) is 45.4. The van der Waals surface area contributed by atoms with Gasteiger partial charge in [-0.05, 0) is 33.1 Å². The van der Waals surface area contributed by atoms with Gasteiger partial charge in [-0.2, -0.15) is 8.42 Å². The van der Waals surface area contributed by atoms with Crippen LogP contribution in [0.2, 0.25) is 0 Å². The van der Waals surface area contributed by atoms with Crippen molar-refractivity contribution >= 4 is 57.3 Å². The minimum absolute atomic E-state index is 0. The number of hydrogen-bond donors (Lipinski definition) is 3. The van der Waals surface area contributed by atoms with E-state index in [-0.39, 0.29) is 58.5 Å². The number of ether oxygens (including phenoxy) is 6. The first-order valence-electron chi connectivity index (χ1n) is 16.5. The summed E-state index contributed by atoms with van der Waals surface area (Å²) in [6.45, 7) is 9.55. The summed E-state index contributed by atoms with van der Waals surface area (Å²) in [5.74, 6) is -4.08. The fourth-order valence-electron chi connectivity index (χ4n) is 4.10. The molecule has 0 amide bonds. The molecule has 2 atom stereocenters. The first-order chi connectivity index (χ1) is 26.8. The summed E-state index contributed by atoms with van der Waals surface area (Å²) in [4.78, 5) is 94.7. The predicted octanol–water partition coefficient (Wildman–Crippen LogP) is -0.770. The Kier molecular flexibility index (Phi) is 37.2. The van der Waals surface area contributed by atoms with Crippen LogP contribution in [0.5, 0.6) is 30.1 Å². The normalized spacial score (nSPS) is 15.0. The highest BCUT2D eigenvalue weighted by molar-refractivity contribution is 7.87. The zero-order valence-electron chi connectivity index (χ0n) is 34.3. The van der Waals surface area contributed by atoms with Crippen LogP contribution in [0.1, 0.15) is 89.5 Å². The van der Waals surface area contributed by atoms with Crippen molar-refractivity contribution in [3.8, 4) is 30.1 Å². The maximum Gasteiger partial charge on any atom is 0.338 e. The van der Waals surface area contributed by atoms with Gasteiger partial charge in [0.15, 0.2) is 11.0 Å². The number of piperidine rings is 1. The van der Waals surface area contributed by atoms with E-state index in [1.165, 1.54) is 54.3 Å². The number of methoxy groups -OCH3 is 4. The minimum atomic E-state index is -4.62. The van der Waals surface area contributed by atoms with E-state index >= 15 is 0 Å². The molecule has 3 heterocycles. The summed E-state index contributed by atoms with van der Waals surface area (Å²) >= 11 is 0. The van der Waals surface area contributed by atoms with Crippen molar-refractivity contribution in [3.63, 3.8) is 0 Å². The molecule has 25 nitrogen and oxygen atoms in total. The van der Waals surface area contributed by atoms with Gasteiger partial charge in [-0.3, -0.25) is 37.8 Å². The van der Waals surface area contributed by atoms with Gasteiger partial charge in [0.25, 0.3) is 22.1 Å². The SMILES string of the molecule is C.C.C.CC(=O)O.CC(=O)O.CC(=O)OC1C(=O)CC(S(=O)(=O)O)C1=O.CC(C)=O.COc1nc(OC)nc(OC(C)=O)n1.COc1nc(OC)nc([N+]2(C)CCCCC2)n1.[Cl-]. The lowest BCUT2D eigenvalue weighted by molar-refractivity contribution is -0.155. The van der Waals surface area contributed by atoms with Crippen LogP contribution in [-0.4, -0.2) is 154 Å². The van der Waals surface area contributed by atoms with Crippen LogP contribution in [0.4, 0.5) is 5.95 Å². The third-order valence-electron chi connectivity index (χ3n) is 6.31. The molecule has 2 fully saturated rings. The number of carboxylic acid groups (broad SMARTS) is 2. The Labute approximate surface area is 368 Å².